The normalized spacial score (nSPS) is 19.7. The zero-order chi connectivity index (χ0) is 36.5. The van der Waals surface area contributed by atoms with E-state index in [1.165, 1.54) is 6.33 Å². The molecule has 7 nitrogen and oxygen atoms in total. The summed E-state index contributed by atoms with van der Waals surface area (Å²) in [4.78, 5) is 23.2. The van der Waals surface area contributed by atoms with Crippen LogP contribution in [-0.2, 0) is 8.85 Å². The molecule has 0 saturated heterocycles. The van der Waals surface area contributed by atoms with Crippen molar-refractivity contribution in [2.75, 3.05) is 11.9 Å². The van der Waals surface area contributed by atoms with Gasteiger partial charge in [-0.3, -0.25) is 4.79 Å². The predicted molar refractivity (Wildman–Crippen MR) is 212 cm³/mol. The van der Waals surface area contributed by atoms with E-state index < -0.39 is 22.7 Å². The first-order valence-electron chi connectivity index (χ1n) is 17.4. The molecular formula is C37H55BrClN3O4SSi2. The average molecular weight is 809 g/mol. The van der Waals surface area contributed by atoms with Crippen molar-refractivity contribution >= 4 is 67.1 Å². The van der Waals surface area contributed by atoms with E-state index in [1.54, 1.807) is 12.3 Å². The zero-order valence-electron chi connectivity index (χ0n) is 30.9. The minimum Gasteiger partial charge on any atom is -0.416 e. The fourth-order valence-electron chi connectivity index (χ4n) is 7.20. The molecule has 12 heteroatoms. The van der Waals surface area contributed by atoms with Crippen molar-refractivity contribution in [1.82, 2.24) is 9.97 Å². The largest absolute Gasteiger partial charge is 0.416 e. The van der Waals surface area contributed by atoms with E-state index in [0.717, 1.165) is 28.7 Å². The maximum Gasteiger partial charge on any atom is 0.208 e. The zero-order valence-corrected chi connectivity index (χ0v) is 36.1. The van der Waals surface area contributed by atoms with Gasteiger partial charge in [0.1, 0.15) is 18.2 Å². The smallest absolute Gasteiger partial charge is 0.208 e. The van der Waals surface area contributed by atoms with Crippen LogP contribution in [0.3, 0.4) is 0 Å². The Kier molecular flexibility index (Phi) is 13.2. The first-order chi connectivity index (χ1) is 22.8. The second-order valence-electron chi connectivity index (χ2n) is 16.0. The van der Waals surface area contributed by atoms with E-state index in [1.807, 2.05) is 24.3 Å². The molecule has 2 N–H and O–H groups in total. The van der Waals surface area contributed by atoms with Gasteiger partial charge in [0, 0.05) is 34.8 Å². The summed E-state index contributed by atoms with van der Waals surface area (Å²) in [6.45, 7) is 26.1. The summed E-state index contributed by atoms with van der Waals surface area (Å²) >= 11 is 11.2. The minimum atomic E-state index is -2.17. The predicted octanol–water partition coefficient (Wildman–Crippen LogP) is 11.0. The number of ketones is 1. The van der Waals surface area contributed by atoms with Gasteiger partial charge in [0.05, 0.1) is 20.9 Å². The number of benzene rings is 1. The molecule has 1 aliphatic rings. The van der Waals surface area contributed by atoms with E-state index in [2.05, 4.69) is 107 Å². The number of halogens is 2. The van der Waals surface area contributed by atoms with Crippen LogP contribution in [0.25, 0.3) is 0 Å². The van der Waals surface area contributed by atoms with Crippen molar-refractivity contribution in [3.63, 3.8) is 0 Å². The average Bonchev–Trinajstić information content (AvgIpc) is 3.59. The number of carbonyl (C=O) groups excluding carboxylic acids is 1. The van der Waals surface area contributed by atoms with Crippen LogP contribution in [-0.4, -0.2) is 56.2 Å². The Morgan fingerprint density at radius 3 is 2.35 bits per heavy atom. The molecule has 2 heterocycles. The summed E-state index contributed by atoms with van der Waals surface area (Å²) in [6.07, 6.45) is 3.76. The maximum atomic E-state index is 14.0. The van der Waals surface area contributed by atoms with Gasteiger partial charge in [-0.15, -0.1) is 11.3 Å². The van der Waals surface area contributed by atoms with Crippen LogP contribution >= 0.6 is 38.9 Å². The van der Waals surface area contributed by atoms with Gasteiger partial charge >= 0.3 is 0 Å². The van der Waals surface area contributed by atoms with E-state index >= 15 is 0 Å². The molecule has 0 unspecified atom stereocenters. The Hall–Kier alpha value is -1.45. The number of hydrogen-bond acceptors (Lipinski definition) is 8. The summed E-state index contributed by atoms with van der Waals surface area (Å²) in [5, 5.41) is 14.9. The van der Waals surface area contributed by atoms with Crippen molar-refractivity contribution in [1.29, 1.82) is 0 Å². The number of aromatic nitrogens is 2. The van der Waals surface area contributed by atoms with E-state index in [-0.39, 0.29) is 28.9 Å². The topological polar surface area (TPSA) is 93.6 Å². The number of nitrogens with one attached hydrogen (secondary N) is 1. The van der Waals surface area contributed by atoms with Crippen molar-refractivity contribution in [3.8, 4) is 0 Å². The van der Waals surface area contributed by atoms with E-state index in [4.69, 9.17) is 20.5 Å². The standard InChI is InChI=1S/C37H55BrClN3O4SSi2/c1-22(2)49(23(3)4,24(5)6)46-31-17-28(16-26(31)20-45-48(10,11)37(7,8)9)42-36-30(19-40-21-41-36)34(44)32-18-29(35(39)47-32)33(43)25-13-12-14-27(38)15-25/h12-15,18-19,21-24,26,28,31,33,43H,16-17,20H2,1-11H3,(H,40,41,42)/t26-,28-,31+,33-/m1/s1. The number of nitrogens with zero attached hydrogens (tertiary/aromatic N) is 2. The Labute approximate surface area is 313 Å². The van der Waals surface area contributed by atoms with Gasteiger partial charge in [-0.05, 0) is 71.4 Å². The highest BCUT2D eigenvalue weighted by atomic mass is 79.9. The van der Waals surface area contributed by atoms with Crippen LogP contribution < -0.4 is 5.32 Å². The van der Waals surface area contributed by atoms with Crippen LogP contribution in [0.15, 0.2) is 47.3 Å². The Bertz CT molecular complexity index is 1570. The van der Waals surface area contributed by atoms with Gasteiger partial charge in [-0.2, -0.15) is 0 Å². The minimum absolute atomic E-state index is 0.0403. The first-order valence-corrected chi connectivity index (χ1v) is 24.5. The summed E-state index contributed by atoms with van der Waals surface area (Å²) in [5.74, 6) is 0.472. The lowest BCUT2D eigenvalue weighted by atomic mass is 10.0. The number of rotatable bonds is 14. The lowest BCUT2D eigenvalue weighted by Gasteiger charge is -2.45. The maximum absolute atomic E-state index is 14.0. The summed E-state index contributed by atoms with van der Waals surface area (Å²) in [6, 6.07) is 9.14. The van der Waals surface area contributed by atoms with Crippen molar-refractivity contribution in [2.45, 2.75) is 128 Å². The molecule has 1 aromatic carbocycles. The van der Waals surface area contributed by atoms with Crippen LogP contribution in [0, 0.1) is 5.92 Å². The number of aliphatic hydroxyl groups excluding tert-OH is 1. The van der Waals surface area contributed by atoms with Gasteiger partial charge in [-0.25, -0.2) is 9.97 Å². The van der Waals surface area contributed by atoms with Gasteiger partial charge < -0.3 is 19.3 Å². The van der Waals surface area contributed by atoms with Crippen molar-refractivity contribution < 1.29 is 18.8 Å². The molecule has 270 valence electrons. The molecule has 4 atom stereocenters. The number of anilines is 1. The summed E-state index contributed by atoms with van der Waals surface area (Å²) in [7, 11) is -4.15. The number of hydrogen-bond donors (Lipinski definition) is 2. The molecule has 1 saturated carbocycles. The fourth-order valence-corrected chi connectivity index (χ4v) is 15.6. The second kappa shape index (κ2) is 16.1. The van der Waals surface area contributed by atoms with Crippen molar-refractivity contribution in [3.05, 3.63) is 73.2 Å². The molecule has 0 bridgehead atoms. The lowest BCUT2D eigenvalue weighted by molar-refractivity contribution is 0.0971. The van der Waals surface area contributed by atoms with Gasteiger partial charge in [0.25, 0.3) is 0 Å². The van der Waals surface area contributed by atoms with Gasteiger partial charge in [-0.1, -0.05) is 102 Å². The molecule has 0 spiro atoms. The molecule has 1 aliphatic carbocycles. The molecule has 0 amide bonds. The lowest BCUT2D eigenvalue weighted by Crippen LogP contribution is -2.51. The molecule has 1 fully saturated rings. The summed E-state index contributed by atoms with van der Waals surface area (Å²) < 4.78 is 15.5. The summed E-state index contributed by atoms with van der Waals surface area (Å²) in [5.41, 5.74) is 2.96. The number of thiophene rings is 1. The van der Waals surface area contributed by atoms with Crippen LogP contribution in [0.2, 0.25) is 39.1 Å². The molecule has 4 rings (SSSR count). The Morgan fingerprint density at radius 2 is 1.76 bits per heavy atom. The van der Waals surface area contributed by atoms with Crippen LogP contribution in [0.4, 0.5) is 5.82 Å². The molecule has 3 aromatic rings. The van der Waals surface area contributed by atoms with Gasteiger partial charge in [0.2, 0.25) is 14.1 Å². The monoisotopic (exact) mass is 807 g/mol. The third kappa shape index (κ3) is 8.96. The molecule has 2 aromatic heterocycles. The SMILES string of the molecule is CC(C)[Si](O[C@H]1C[C@H](Nc2ncncc2C(=O)c2cc([C@H](O)c3cccc(Br)c3)c(Cl)s2)C[C@@H]1CO[Si](C)(C)C(C)(C)C)(C(C)C)C(C)C. The Morgan fingerprint density at radius 1 is 1.10 bits per heavy atom. The number of aliphatic hydroxyl groups is 1. The number of carbonyl (C=O) groups is 1. The molecule has 0 radical (unpaired) electrons. The van der Waals surface area contributed by atoms with Crippen molar-refractivity contribution in [2.24, 2.45) is 5.92 Å². The van der Waals surface area contributed by atoms with Gasteiger partial charge in [0.15, 0.2) is 8.32 Å². The third-order valence-corrected chi connectivity index (χ3v) is 23.4. The molecule has 0 aliphatic heterocycles. The van der Waals surface area contributed by atoms with E-state index in [9.17, 15) is 9.90 Å². The molecular weight excluding hydrogens is 754 g/mol. The second-order valence-corrected chi connectivity index (χ2v) is 28.8. The quantitative estimate of drug-likeness (QED) is 0.124. The highest BCUT2D eigenvalue weighted by Crippen LogP contribution is 2.47. The van der Waals surface area contributed by atoms with Crippen LogP contribution in [0.1, 0.15) is 108 Å². The highest BCUT2D eigenvalue weighted by Gasteiger charge is 2.50. The Balaban J connectivity index is 1.60. The van der Waals surface area contributed by atoms with Crippen LogP contribution in [0.5, 0.6) is 0 Å². The molecule has 49 heavy (non-hydrogen) atoms. The highest BCUT2D eigenvalue weighted by molar-refractivity contribution is 9.10. The fraction of sp³-hybridized carbons (Fsp3) is 0.595. The third-order valence-electron chi connectivity index (χ3n) is 10.9. The van der Waals surface area contributed by atoms with E-state index in [0.29, 0.717) is 55.0 Å². The first kappa shape index (κ1) is 40.3.